The molecule has 1 N–H and O–H groups in total. The highest BCUT2D eigenvalue weighted by atomic mass is 16.5. The molecule has 0 aliphatic heterocycles. The van der Waals surface area contributed by atoms with Crippen molar-refractivity contribution >= 4 is 22.6 Å². The fourth-order valence-corrected chi connectivity index (χ4v) is 3.14. The van der Waals surface area contributed by atoms with E-state index in [1.807, 2.05) is 42.5 Å². The van der Waals surface area contributed by atoms with Gasteiger partial charge < -0.3 is 14.5 Å². The van der Waals surface area contributed by atoms with Crippen molar-refractivity contribution in [3.63, 3.8) is 0 Å². The van der Waals surface area contributed by atoms with Crippen molar-refractivity contribution in [2.75, 3.05) is 12.4 Å². The number of carbonyl (C=O) groups excluding carboxylic acids is 1. The molecule has 4 heteroatoms. The minimum atomic E-state index is -0.237. The van der Waals surface area contributed by atoms with Crippen molar-refractivity contribution in [1.29, 1.82) is 0 Å². The Bertz CT molecular complexity index is 873. The van der Waals surface area contributed by atoms with Gasteiger partial charge in [0.25, 0.3) is 5.91 Å². The molecule has 4 nitrogen and oxygen atoms in total. The zero-order valence-electron chi connectivity index (χ0n) is 14.9. The average Bonchev–Trinajstić information content (AvgIpc) is 3.01. The Hall–Kier alpha value is -2.59. The Kier molecular flexibility index (Phi) is 5.19. The van der Waals surface area contributed by atoms with E-state index >= 15 is 0 Å². The predicted octanol–water partition coefficient (Wildman–Crippen LogP) is 4.96. The number of fused-ring (bicyclic) bond motifs is 1. The molecule has 0 saturated carbocycles. The zero-order chi connectivity index (χ0) is 17.8. The summed E-state index contributed by atoms with van der Waals surface area (Å²) >= 11 is 0. The molecule has 0 bridgehead atoms. The van der Waals surface area contributed by atoms with Crippen molar-refractivity contribution in [3.05, 3.63) is 64.9 Å². The van der Waals surface area contributed by atoms with E-state index in [9.17, 15) is 4.79 Å². The van der Waals surface area contributed by atoms with Crippen molar-refractivity contribution < 1.29 is 13.9 Å². The van der Waals surface area contributed by atoms with Gasteiger partial charge in [0.2, 0.25) is 0 Å². The van der Waals surface area contributed by atoms with Gasteiger partial charge in [-0.15, -0.1) is 0 Å². The largest absolute Gasteiger partial charge is 0.451 e. The second-order valence-corrected chi connectivity index (χ2v) is 5.95. The molecule has 3 rings (SSSR count). The Morgan fingerprint density at radius 2 is 1.72 bits per heavy atom. The third-order valence-electron chi connectivity index (χ3n) is 4.43. The summed E-state index contributed by atoms with van der Waals surface area (Å²) in [7, 11) is 1.62. The molecule has 1 amide bonds. The molecule has 0 atom stereocenters. The Morgan fingerprint density at radius 3 is 2.36 bits per heavy atom. The molecule has 1 aromatic heterocycles. The normalized spacial score (nSPS) is 11.0. The van der Waals surface area contributed by atoms with Gasteiger partial charge in [0.15, 0.2) is 5.76 Å². The van der Waals surface area contributed by atoms with Crippen LogP contribution in [-0.4, -0.2) is 13.0 Å². The average molecular weight is 337 g/mol. The molecule has 0 unspecified atom stereocenters. The maximum Gasteiger partial charge on any atom is 0.291 e. The summed E-state index contributed by atoms with van der Waals surface area (Å²) in [6, 6.07) is 13.8. The molecule has 0 aliphatic carbocycles. The first-order chi connectivity index (χ1) is 12.2. The molecule has 0 radical (unpaired) electrons. The lowest BCUT2D eigenvalue weighted by Crippen LogP contribution is -2.16. The van der Waals surface area contributed by atoms with Gasteiger partial charge in [0.05, 0.1) is 6.61 Å². The minimum absolute atomic E-state index is 0.237. The van der Waals surface area contributed by atoms with Crippen molar-refractivity contribution in [2.24, 2.45) is 0 Å². The van der Waals surface area contributed by atoms with Gasteiger partial charge in [0.1, 0.15) is 5.58 Å². The van der Waals surface area contributed by atoms with Gasteiger partial charge in [-0.05, 0) is 30.0 Å². The van der Waals surface area contributed by atoms with Crippen LogP contribution in [0.15, 0.2) is 46.9 Å². The van der Waals surface area contributed by atoms with Crippen LogP contribution in [-0.2, 0) is 24.2 Å². The van der Waals surface area contributed by atoms with Crippen molar-refractivity contribution in [2.45, 2.75) is 33.3 Å². The van der Waals surface area contributed by atoms with E-state index in [0.717, 1.165) is 40.6 Å². The maximum absolute atomic E-state index is 13.0. The molecule has 2 aromatic carbocycles. The number of benzene rings is 2. The molecule has 130 valence electrons. The molecule has 0 aliphatic rings. The first-order valence-electron chi connectivity index (χ1n) is 8.61. The van der Waals surface area contributed by atoms with E-state index in [4.69, 9.17) is 9.15 Å². The van der Waals surface area contributed by atoms with E-state index < -0.39 is 0 Å². The van der Waals surface area contributed by atoms with E-state index in [1.54, 1.807) is 7.11 Å². The monoisotopic (exact) mass is 337 g/mol. The van der Waals surface area contributed by atoms with E-state index in [0.29, 0.717) is 18.0 Å². The third kappa shape index (κ3) is 3.30. The number of anilines is 1. The molecular weight excluding hydrogens is 314 g/mol. The standard InChI is InChI=1S/C21H23NO3/c1-4-14-9-8-10-15(5-2)19(14)22-21(23)20-17(13-24-3)16-11-6-7-12-18(16)25-20/h6-12H,4-5,13H2,1-3H3,(H,22,23). The lowest BCUT2D eigenvalue weighted by Gasteiger charge is -2.14. The Balaban J connectivity index is 2.03. The first kappa shape index (κ1) is 17.2. The first-order valence-corrected chi connectivity index (χ1v) is 8.61. The molecule has 0 saturated heterocycles. The molecule has 25 heavy (non-hydrogen) atoms. The molecule has 3 aromatic rings. The van der Waals surface area contributed by atoms with E-state index in [-0.39, 0.29) is 5.91 Å². The summed E-state index contributed by atoms with van der Waals surface area (Å²) in [5.41, 5.74) is 4.61. The third-order valence-corrected chi connectivity index (χ3v) is 4.43. The highest BCUT2D eigenvalue weighted by Gasteiger charge is 2.21. The van der Waals surface area contributed by atoms with Gasteiger partial charge in [0, 0.05) is 23.7 Å². The smallest absolute Gasteiger partial charge is 0.291 e. The number of rotatable bonds is 6. The highest BCUT2D eigenvalue weighted by Crippen LogP contribution is 2.29. The summed E-state index contributed by atoms with van der Waals surface area (Å²) < 4.78 is 11.1. The number of nitrogens with one attached hydrogen (secondary N) is 1. The lowest BCUT2D eigenvalue weighted by atomic mass is 10.0. The van der Waals surface area contributed by atoms with Gasteiger partial charge in [-0.25, -0.2) is 0 Å². The molecule has 0 spiro atoms. The van der Waals surface area contributed by atoms with Crippen LogP contribution in [0.25, 0.3) is 11.0 Å². The fraction of sp³-hybridized carbons (Fsp3) is 0.286. The van der Waals surface area contributed by atoms with Crippen molar-refractivity contribution in [1.82, 2.24) is 0 Å². The predicted molar refractivity (Wildman–Crippen MR) is 100 cm³/mol. The molecule has 1 heterocycles. The number of hydrogen-bond donors (Lipinski definition) is 1. The van der Waals surface area contributed by atoms with Crippen LogP contribution in [0.2, 0.25) is 0 Å². The molecule has 0 fully saturated rings. The number of aryl methyl sites for hydroxylation is 2. The summed E-state index contributed by atoms with van der Waals surface area (Å²) in [5.74, 6) is 0.0786. The van der Waals surface area contributed by atoms with E-state index in [2.05, 4.69) is 19.2 Å². The van der Waals surface area contributed by atoms with E-state index in [1.165, 1.54) is 0 Å². The van der Waals surface area contributed by atoms with Crippen LogP contribution in [0.1, 0.15) is 41.1 Å². The van der Waals surface area contributed by atoms with Crippen LogP contribution >= 0.6 is 0 Å². The summed E-state index contributed by atoms with van der Waals surface area (Å²) in [6.45, 7) is 4.50. The van der Waals surface area contributed by atoms with Gasteiger partial charge in [-0.2, -0.15) is 0 Å². The summed E-state index contributed by atoms with van der Waals surface area (Å²) in [4.78, 5) is 13.0. The Morgan fingerprint density at radius 1 is 1.04 bits per heavy atom. The van der Waals surface area contributed by atoms with Gasteiger partial charge in [-0.1, -0.05) is 50.2 Å². The second-order valence-electron chi connectivity index (χ2n) is 5.95. The van der Waals surface area contributed by atoms with Crippen LogP contribution in [0, 0.1) is 0 Å². The van der Waals surface area contributed by atoms with Gasteiger partial charge in [-0.3, -0.25) is 4.79 Å². The number of ether oxygens (including phenoxy) is 1. The van der Waals surface area contributed by atoms with Crippen molar-refractivity contribution in [3.8, 4) is 0 Å². The number of para-hydroxylation sites is 2. The number of carbonyl (C=O) groups is 1. The molecular formula is C21H23NO3. The SMILES string of the molecule is CCc1cccc(CC)c1NC(=O)c1oc2ccccc2c1COC. The van der Waals surface area contributed by atoms with Crippen LogP contribution in [0.5, 0.6) is 0 Å². The second kappa shape index (κ2) is 7.53. The Labute approximate surface area is 147 Å². The minimum Gasteiger partial charge on any atom is -0.451 e. The van der Waals surface area contributed by atoms with Gasteiger partial charge >= 0.3 is 0 Å². The summed E-state index contributed by atoms with van der Waals surface area (Å²) in [5, 5.41) is 3.98. The number of methoxy groups -OCH3 is 1. The number of furan rings is 1. The lowest BCUT2D eigenvalue weighted by molar-refractivity contribution is 0.0992. The number of amides is 1. The van der Waals surface area contributed by atoms with Crippen LogP contribution in [0.3, 0.4) is 0 Å². The van der Waals surface area contributed by atoms with Crippen LogP contribution < -0.4 is 5.32 Å². The topological polar surface area (TPSA) is 51.5 Å². The summed E-state index contributed by atoms with van der Waals surface area (Å²) in [6.07, 6.45) is 1.71. The quantitative estimate of drug-likeness (QED) is 0.692. The van der Waals surface area contributed by atoms with Crippen LogP contribution in [0.4, 0.5) is 5.69 Å². The zero-order valence-corrected chi connectivity index (χ0v) is 14.9. The highest BCUT2D eigenvalue weighted by molar-refractivity contribution is 6.07. The fourth-order valence-electron chi connectivity index (χ4n) is 3.14. The number of hydrogen-bond acceptors (Lipinski definition) is 3. The maximum atomic E-state index is 13.0.